The van der Waals surface area contributed by atoms with Crippen LogP contribution in [0.3, 0.4) is 0 Å². The Balaban J connectivity index is 1.74. The highest BCUT2D eigenvalue weighted by Gasteiger charge is 2.47. The molecule has 0 spiro atoms. The fourth-order valence-corrected chi connectivity index (χ4v) is 5.58. The van der Waals surface area contributed by atoms with Crippen LogP contribution in [0.25, 0.3) is 0 Å². The monoisotopic (exact) mass is 412 g/mol. The van der Waals surface area contributed by atoms with Gasteiger partial charge in [-0.2, -0.15) is 0 Å². The quantitative estimate of drug-likeness (QED) is 0.696. The van der Waals surface area contributed by atoms with Crippen molar-refractivity contribution in [3.05, 3.63) is 57.8 Å². The summed E-state index contributed by atoms with van der Waals surface area (Å²) in [7, 11) is 1.66. The third kappa shape index (κ3) is 3.96. The lowest BCUT2D eigenvalue weighted by molar-refractivity contribution is -0.124. The van der Waals surface area contributed by atoms with Crippen molar-refractivity contribution in [3.8, 4) is 0 Å². The molecular formula is C23H28N2O3S. The summed E-state index contributed by atoms with van der Waals surface area (Å²) in [5.41, 5.74) is 1.51. The van der Waals surface area contributed by atoms with Crippen LogP contribution in [-0.2, 0) is 9.53 Å². The Hall–Kier alpha value is -2.18. The number of methoxy groups -OCH3 is 1. The molecule has 4 rings (SSSR count). The second-order valence-corrected chi connectivity index (χ2v) is 8.79. The zero-order chi connectivity index (χ0) is 20.2. The first-order chi connectivity index (χ1) is 14.2. The summed E-state index contributed by atoms with van der Waals surface area (Å²) in [5.74, 6) is -0.345. The van der Waals surface area contributed by atoms with Gasteiger partial charge in [-0.05, 0) is 42.3 Å². The first-order valence-electron chi connectivity index (χ1n) is 10.4. The molecule has 1 aromatic carbocycles. The molecule has 2 aliphatic rings. The molecule has 154 valence electrons. The van der Waals surface area contributed by atoms with Crippen LogP contribution in [0, 0.1) is 0 Å². The Bertz CT molecular complexity index is 846. The number of nitrogens with zero attached hydrogens (tertiary/aromatic N) is 1. The van der Waals surface area contributed by atoms with E-state index in [1.165, 1.54) is 0 Å². The maximum Gasteiger partial charge on any atom is 0.254 e. The summed E-state index contributed by atoms with van der Waals surface area (Å²) in [6.45, 7) is 1.18. The van der Waals surface area contributed by atoms with E-state index in [2.05, 4.69) is 11.4 Å². The van der Waals surface area contributed by atoms with E-state index in [0.29, 0.717) is 18.7 Å². The van der Waals surface area contributed by atoms with Crippen molar-refractivity contribution in [2.24, 2.45) is 0 Å². The van der Waals surface area contributed by atoms with Gasteiger partial charge in [0.25, 0.3) is 5.91 Å². The van der Waals surface area contributed by atoms with E-state index in [1.807, 2.05) is 40.6 Å². The summed E-state index contributed by atoms with van der Waals surface area (Å²) in [5, 5.41) is 5.12. The molecule has 29 heavy (non-hydrogen) atoms. The van der Waals surface area contributed by atoms with Crippen molar-refractivity contribution in [1.82, 2.24) is 10.2 Å². The molecule has 1 aromatic heterocycles. The summed E-state index contributed by atoms with van der Waals surface area (Å²) in [6, 6.07) is 11.6. The molecule has 0 radical (unpaired) electrons. The predicted octanol–water partition coefficient (Wildman–Crippen LogP) is 4.12. The van der Waals surface area contributed by atoms with Gasteiger partial charge in [0, 0.05) is 36.7 Å². The number of benzene rings is 1. The highest BCUT2D eigenvalue weighted by Crippen LogP contribution is 2.47. The minimum absolute atomic E-state index is 0.0116. The number of carbonyl (C=O) groups excluding carboxylic acids is 2. The van der Waals surface area contributed by atoms with Gasteiger partial charge in [0.2, 0.25) is 5.91 Å². The molecule has 2 aromatic rings. The number of thiophene rings is 1. The van der Waals surface area contributed by atoms with Gasteiger partial charge >= 0.3 is 0 Å². The van der Waals surface area contributed by atoms with Gasteiger partial charge in [0.1, 0.15) is 0 Å². The molecule has 2 unspecified atom stereocenters. The minimum Gasteiger partial charge on any atom is -0.385 e. The van der Waals surface area contributed by atoms with E-state index < -0.39 is 5.92 Å². The Labute approximate surface area is 176 Å². The summed E-state index contributed by atoms with van der Waals surface area (Å²) in [4.78, 5) is 30.1. The number of rotatable bonds is 7. The van der Waals surface area contributed by atoms with E-state index in [4.69, 9.17) is 4.74 Å². The standard InChI is InChI=1S/C23H28N2O3S/c1-28-14-7-13-24-22(26)20-17-10-4-5-11-18(17)23(27)25(16-8-2-3-9-16)21(20)19-12-6-15-29-19/h4-6,10-12,15-16,20-21H,2-3,7-9,13-14H2,1H3,(H,24,26). The van der Waals surface area contributed by atoms with Gasteiger partial charge in [-0.15, -0.1) is 11.3 Å². The molecule has 2 heterocycles. The lowest BCUT2D eigenvalue weighted by atomic mass is 9.80. The minimum atomic E-state index is -0.398. The topological polar surface area (TPSA) is 58.6 Å². The Morgan fingerprint density at radius 1 is 1.21 bits per heavy atom. The van der Waals surface area contributed by atoms with Crippen molar-refractivity contribution in [2.45, 2.75) is 50.1 Å². The fraction of sp³-hybridized carbons (Fsp3) is 0.478. The Morgan fingerprint density at radius 2 is 2.00 bits per heavy atom. The zero-order valence-corrected chi connectivity index (χ0v) is 17.6. The smallest absolute Gasteiger partial charge is 0.254 e. The summed E-state index contributed by atoms with van der Waals surface area (Å²) >= 11 is 1.63. The molecule has 1 N–H and O–H groups in total. The molecule has 1 saturated carbocycles. The molecule has 1 aliphatic heterocycles. The molecule has 2 amide bonds. The molecular weight excluding hydrogens is 384 g/mol. The molecule has 6 heteroatoms. The van der Waals surface area contributed by atoms with Crippen LogP contribution in [-0.4, -0.2) is 43.0 Å². The van der Waals surface area contributed by atoms with Gasteiger partial charge in [0.05, 0.1) is 12.0 Å². The number of carbonyl (C=O) groups is 2. The van der Waals surface area contributed by atoms with E-state index >= 15 is 0 Å². The predicted molar refractivity (Wildman–Crippen MR) is 114 cm³/mol. The average Bonchev–Trinajstić information content (AvgIpc) is 3.45. The summed E-state index contributed by atoms with van der Waals surface area (Å²) in [6.07, 6.45) is 5.07. The fourth-order valence-electron chi connectivity index (χ4n) is 4.72. The normalized spacial score (nSPS) is 22.0. The van der Waals surface area contributed by atoms with Crippen molar-refractivity contribution < 1.29 is 14.3 Å². The van der Waals surface area contributed by atoms with Crippen LogP contribution in [0.15, 0.2) is 41.8 Å². The largest absolute Gasteiger partial charge is 0.385 e. The van der Waals surface area contributed by atoms with Crippen molar-refractivity contribution >= 4 is 23.2 Å². The lowest BCUT2D eigenvalue weighted by Crippen LogP contribution is -2.50. The SMILES string of the molecule is COCCCNC(=O)C1c2ccccc2C(=O)N(C2CCCC2)C1c1cccs1. The van der Waals surface area contributed by atoms with E-state index in [-0.39, 0.29) is 23.9 Å². The Morgan fingerprint density at radius 3 is 2.72 bits per heavy atom. The number of nitrogens with one attached hydrogen (secondary N) is 1. The van der Waals surface area contributed by atoms with Crippen LogP contribution >= 0.6 is 11.3 Å². The third-order valence-electron chi connectivity index (χ3n) is 6.04. The maximum absolute atomic E-state index is 13.6. The third-order valence-corrected chi connectivity index (χ3v) is 6.98. The van der Waals surface area contributed by atoms with E-state index in [0.717, 1.165) is 42.5 Å². The van der Waals surface area contributed by atoms with Crippen LogP contribution in [0.5, 0.6) is 0 Å². The molecule has 0 saturated heterocycles. The van der Waals surface area contributed by atoms with Crippen LogP contribution in [0.4, 0.5) is 0 Å². The van der Waals surface area contributed by atoms with E-state index in [1.54, 1.807) is 18.4 Å². The average molecular weight is 413 g/mol. The first kappa shape index (κ1) is 20.1. The van der Waals surface area contributed by atoms with Gasteiger partial charge in [-0.1, -0.05) is 37.1 Å². The van der Waals surface area contributed by atoms with Crippen LogP contribution < -0.4 is 5.32 Å². The van der Waals surface area contributed by atoms with Crippen molar-refractivity contribution in [3.63, 3.8) is 0 Å². The molecule has 1 aliphatic carbocycles. The van der Waals surface area contributed by atoms with Gasteiger partial charge in [-0.25, -0.2) is 0 Å². The molecule has 2 atom stereocenters. The second-order valence-electron chi connectivity index (χ2n) is 7.81. The van der Waals surface area contributed by atoms with Crippen LogP contribution in [0.2, 0.25) is 0 Å². The summed E-state index contributed by atoms with van der Waals surface area (Å²) < 4.78 is 5.10. The first-order valence-corrected chi connectivity index (χ1v) is 11.3. The highest BCUT2D eigenvalue weighted by atomic mass is 32.1. The van der Waals surface area contributed by atoms with Crippen LogP contribution in [0.1, 0.15) is 64.9 Å². The highest BCUT2D eigenvalue weighted by molar-refractivity contribution is 7.10. The van der Waals surface area contributed by atoms with Crippen molar-refractivity contribution in [2.75, 3.05) is 20.3 Å². The number of amides is 2. The van der Waals surface area contributed by atoms with Gasteiger partial charge in [-0.3, -0.25) is 9.59 Å². The lowest BCUT2D eigenvalue weighted by Gasteiger charge is -2.44. The Kier molecular flexibility index (Phi) is 6.31. The van der Waals surface area contributed by atoms with E-state index in [9.17, 15) is 9.59 Å². The number of hydrogen-bond donors (Lipinski definition) is 1. The number of fused-ring (bicyclic) bond motifs is 1. The number of hydrogen-bond acceptors (Lipinski definition) is 4. The molecule has 1 fully saturated rings. The van der Waals surface area contributed by atoms with Gasteiger partial charge < -0.3 is 15.0 Å². The maximum atomic E-state index is 13.6. The second kappa shape index (κ2) is 9.09. The molecule has 5 nitrogen and oxygen atoms in total. The molecule has 0 bridgehead atoms. The zero-order valence-electron chi connectivity index (χ0n) is 16.8. The van der Waals surface area contributed by atoms with Gasteiger partial charge in [0.15, 0.2) is 0 Å². The number of ether oxygens (including phenoxy) is 1. The van der Waals surface area contributed by atoms with Crippen molar-refractivity contribution in [1.29, 1.82) is 0 Å².